The molecule has 0 aliphatic rings. The van der Waals surface area contributed by atoms with Crippen molar-refractivity contribution in [2.75, 3.05) is 7.11 Å². The Morgan fingerprint density at radius 2 is 2.00 bits per heavy atom. The molecule has 0 bridgehead atoms. The highest BCUT2D eigenvalue weighted by atomic mass is 16.5. The second-order valence-electron chi connectivity index (χ2n) is 3.91. The van der Waals surface area contributed by atoms with Gasteiger partial charge in [0.2, 0.25) is 5.75 Å². The van der Waals surface area contributed by atoms with E-state index >= 15 is 0 Å². The first-order chi connectivity index (χ1) is 8.19. The summed E-state index contributed by atoms with van der Waals surface area (Å²) in [5.74, 6) is 0.206. The molecule has 0 aliphatic carbocycles. The molecule has 0 atom stereocenters. The minimum absolute atomic E-state index is 0.206. The highest BCUT2D eigenvalue weighted by Crippen LogP contribution is 2.27. The van der Waals surface area contributed by atoms with Crippen LogP contribution in [0.2, 0.25) is 0 Å². The molecule has 0 spiro atoms. The Labute approximate surface area is 96.4 Å². The van der Waals surface area contributed by atoms with Crippen LogP contribution in [0.3, 0.4) is 0 Å². The van der Waals surface area contributed by atoms with Gasteiger partial charge in [-0.25, -0.2) is 4.79 Å². The van der Waals surface area contributed by atoms with Crippen LogP contribution in [-0.4, -0.2) is 7.11 Å². The molecule has 0 saturated carbocycles. The van der Waals surface area contributed by atoms with Crippen LogP contribution < -0.4 is 10.4 Å². The fourth-order valence-corrected chi connectivity index (χ4v) is 1.89. The van der Waals surface area contributed by atoms with Gasteiger partial charge in [0, 0.05) is 16.8 Å². The van der Waals surface area contributed by atoms with Crippen molar-refractivity contribution < 1.29 is 13.6 Å². The molecule has 3 aromatic rings. The normalized spacial score (nSPS) is 11.2. The predicted octanol–water partition coefficient (Wildman–Crippen LogP) is 2.86. The Morgan fingerprint density at radius 3 is 2.76 bits per heavy atom. The SMILES string of the molecule is COc1cc2cc3c(C)coc3cc2oc1=O. The zero-order valence-electron chi connectivity index (χ0n) is 9.44. The number of benzene rings is 1. The first kappa shape index (κ1) is 9.96. The van der Waals surface area contributed by atoms with Crippen LogP contribution >= 0.6 is 0 Å². The van der Waals surface area contributed by atoms with E-state index in [-0.39, 0.29) is 5.75 Å². The van der Waals surface area contributed by atoms with E-state index in [2.05, 4.69) is 0 Å². The third-order valence-electron chi connectivity index (χ3n) is 2.81. The molecule has 0 radical (unpaired) electrons. The lowest BCUT2D eigenvalue weighted by Crippen LogP contribution is -2.02. The van der Waals surface area contributed by atoms with Gasteiger partial charge >= 0.3 is 5.63 Å². The maximum absolute atomic E-state index is 11.5. The summed E-state index contributed by atoms with van der Waals surface area (Å²) in [6.07, 6.45) is 1.68. The first-order valence-corrected chi connectivity index (χ1v) is 5.19. The van der Waals surface area contributed by atoms with Crippen LogP contribution in [0.1, 0.15) is 5.56 Å². The average molecular weight is 230 g/mol. The lowest BCUT2D eigenvalue weighted by molar-refractivity contribution is 0.385. The largest absolute Gasteiger partial charge is 0.490 e. The van der Waals surface area contributed by atoms with E-state index < -0.39 is 5.63 Å². The number of furan rings is 1. The molecule has 4 heteroatoms. The number of rotatable bonds is 1. The van der Waals surface area contributed by atoms with Crippen LogP contribution in [0.5, 0.6) is 5.75 Å². The summed E-state index contributed by atoms with van der Waals surface area (Å²) < 4.78 is 15.5. The first-order valence-electron chi connectivity index (χ1n) is 5.19. The average Bonchev–Trinajstić information content (AvgIpc) is 2.67. The molecule has 3 rings (SSSR count). The zero-order chi connectivity index (χ0) is 12.0. The fraction of sp³-hybridized carbons (Fsp3) is 0.154. The molecule has 0 saturated heterocycles. The molecule has 1 aromatic carbocycles. The van der Waals surface area contributed by atoms with Crippen molar-refractivity contribution in [3.63, 3.8) is 0 Å². The van der Waals surface area contributed by atoms with E-state index in [0.717, 1.165) is 16.3 Å². The second kappa shape index (κ2) is 3.38. The van der Waals surface area contributed by atoms with E-state index in [1.165, 1.54) is 7.11 Å². The van der Waals surface area contributed by atoms with Crippen molar-refractivity contribution in [1.29, 1.82) is 0 Å². The molecular weight excluding hydrogens is 220 g/mol. The van der Waals surface area contributed by atoms with Gasteiger partial charge in [-0.15, -0.1) is 0 Å². The summed E-state index contributed by atoms with van der Waals surface area (Å²) in [5, 5.41) is 1.83. The van der Waals surface area contributed by atoms with E-state index in [1.807, 2.05) is 13.0 Å². The molecular formula is C13H10O4. The molecule has 4 nitrogen and oxygen atoms in total. The number of hydrogen-bond acceptors (Lipinski definition) is 4. The Morgan fingerprint density at radius 1 is 1.18 bits per heavy atom. The number of ether oxygens (including phenoxy) is 1. The minimum Gasteiger partial charge on any atom is -0.490 e. The summed E-state index contributed by atoms with van der Waals surface area (Å²) in [6.45, 7) is 1.97. The Balaban J connectivity index is 2.45. The maximum atomic E-state index is 11.5. The lowest BCUT2D eigenvalue weighted by atomic mass is 10.1. The number of methoxy groups -OCH3 is 1. The highest BCUT2D eigenvalue weighted by Gasteiger charge is 2.09. The Bertz CT molecular complexity index is 764. The van der Waals surface area contributed by atoms with Gasteiger partial charge in [-0.3, -0.25) is 0 Å². The third kappa shape index (κ3) is 1.41. The van der Waals surface area contributed by atoms with Crippen LogP contribution in [0.4, 0.5) is 0 Å². The van der Waals surface area contributed by atoms with Gasteiger partial charge in [-0.2, -0.15) is 0 Å². The molecule has 0 unspecified atom stereocenters. The standard InChI is InChI=1S/C13H10O4/c1-7-6-16-11-5-10-8(3-9(7)11)4-12(15-2)13(14)17-10/h3-6H,1-2H3. The molecule has 0 fully saturated rings. The number of fused-ring (bicyclic) bond motifs is 2. The van der Waals surface area contributed by atoms with Crippen LogP contribution in [0, 0.1) is 6.92 Å². The van der Waals surface area contributed by atoms with Crippen molar-refractivity contribution in [1.82, 2.24) is 0 Å². The topological polar surface area (TPSA) is 52.6 Å². The molecule has 86 valence electrons. The molecule has 17 heavy (non-hydrogen) atoms. The maximum Gasteiger partial charge on any atom is 0.379 e. The molecule has 2 aromatic heterocycles. The van der Waals surface area contributed by atoms with Crippen molar-refractivity contribution in [3.8, 4) is 5.75 Å². The van der Waals surface area contributed by atoms with Gasteiger partial charge in [0.25, 0.3) is 0 Å². The van der Waals surface area contributed by atoms with Gasteiger partial charge in [0.15, 0.2) is 0 Å². The number of aryl methyl sites for hydroxylation is 1. The molecule has 2 heterocycles. The van der Waals surface area contributed by atoms with Crippen molar-refractivity contribution in [2.24, 2.45) is 0 Å². The molecule has 0 aliphatic heterocycles. The summed E-state index contributed by atoms with van der Waals surface area (Å²) in [4.78, 5) is 11.5. The number of hydrogen-bond donors (Lipinski definition) is 0. The van der Waals surface area contributed by atoms with Crippen molar-refractivity contribution >= 4 is 21.9 Å². The van der Waals surface area contributed by atoms with Gasteiger partial charge in [0.05, 0.1) is 13.4 Å². The highest BCUT2D eigenvalue weighted by molar-refractivity contribution is 5.94. The van der Waals surface area contributed by atoms with Crippen LogP contribution in [0.15, 0.2) is 38.1 Å². The summed E-state index contributed by atoms with van der Waals surface area (Å²) in [7, 11) is 1.44. The molecule has 0 N–H and O–H groups in total. The summed E-state index contributed by atoms with van der Waals surface area (Å²) in [6, 6.07) is 5.32. The Hall–Kier alpha value is -2.23. The van der Waals surface area contributed by atoms with Gasteiger partial charge in [0.1, 0.15) is 11.2 Å². The zero-order valence-corrected chi connectivity index (χ0v) is 9.44. The van der Waals surface area contributed by atoms with E-state index in [0.29, 0.717) is 11.2 Å². The van der Waals surface area contributed by atoms with Crippen molar-refractivity contribution in [2.45, 2.75) is 6.92 Å². The van der Waals surface area contributed by atoms with E-state index in [1.54, 1.807) is 18.4 Å². The summed E-state index contributed by atoms with van der Waals surface area (Å²) >= 11 is 0. The predicted molar refractivity (Wildman–Crippen MR) is 63.5 cm³/mol. The molecule has 0 amide bonds. The van der Waals surface area contributed by atoms with Gasteiger partial charge in [-0.1, -0.05) is 0 Å². The minimum atomic E-state index is -0.484. The second-order valence-corrected chi connectivity index (χ2v) is 3.91. The Kier molecular flexibility index (Phi) is 1.98. The van der Waals surface area contributed by atoms with Crippen molar-refractivity contribution in [3.05, 3.63) is 40.4 Å². The van der Waals surface area contributed by atoms with E-state index in [9.17, 15) is 4.79 Å². The monoisotopic (exact) mass is 230 g/mol. The van der Waals surface area contributed by atoms with E-state index in [4.69, 9.17) is 13.6 Å². The third-order valence-corrected chi connectivity index (χ3v) is 2.81. The van der Waals surface area contributed by atoms with Crippen LogP contribution in [0.25, 0.3) is 21.9 Å². The van der Waals surface area contributed by atoms with Gasteiger partial charge in [-0.05, 0) is 24.6 Å². The fourth-order valence-electron chi connectivity index (χ4n) is 1.89. The van der Waals surface area contributed by atoms with Crippen LogP contribution in [-0.2, 0) is 0 Å². The quantitative estimate of drug-likeness (QED) is 0.603. The lowest BCUT2D eigenvalue weighted by Gasteiger charge is -2.00. The smallest absolute Gasteiger partial charge is 0.379 e. The summed E-state index contributed by atoms with van der Waals surface area (Å²) in [5.41, 5.74) is 1.77. The van der Waals surface area contributed by atoms with Gasteiger partial charge < -0.3 is 13.6 Å².